The molecule has 1 heterocycles. The van der Waals surface area contributed by atoms with Crippen LogP contribution in [0.25, 0.3) is 0 Å². The largest absolute Gasteiger partial charge is 0.385 e. The highest BCUT2D eigenvalue weighted by atomic mass is 35.5. The van der Waals surface area contributed by atoms with Crippen LogP contribution in [0.1, 0.15) is 60.1 Å². The van der Waals surface area contributed by atoms with Crippen LogP contribution in [0.5, 0.6) is 0 Å². The van der Waals surface area contributed by atoms with Gasteiger partial charge in [-0.05, 0) is 55.2 Å². The molecule has 6 nitrogen and oxygen atoms in total. The molecule has 39 heavy (non-hydrogen) atoms. The zero-order valence-electron chi connectivity index (χ0n) is 22.5. The normalized spacial score (nSPS) is 13.8. The molecule has 1 aliphatic carbocycles. The Morgan fingerprint density at radius 3 is 2.46 bits per heavy atom. The van der Waals surface area contributed by atoms with Crippen molar-refractivity contribution in [2.24, 2.45) is 0 Å². The number of ether oxygens (including phenoxy) is 1. The molecular weight excluding hydrogens is 533 g/mol. The van der Waals surface area contributed by atoms with Crippen molar-refractivity contribution in [3.63, 3.8) is 0 Å². The third kappa shape index (κ3) is 8.10. The maximum Gasteiger partial charge on any atom is 0.254 e. The summed E-state index contributed by atoms with van der Waals surface area (Å²) in [6.07, 6.45) is 8.07. The van der Waals surface area contributed by atoms with Gasteiger partial charge in [0, 0.05) is 50.3 Å². The molecule has 2 amide bonds. The molecule has 1 aromatic heterocycles. The maximum atomic E-state index is 14.0. The number of amides is 2. The zero-order chi connectivity index (χ0) is 27.6. The molecule has 208 valence electrons. The third-order valence-corrected chi connectivity index (χ3v) is 8.08. The molecule has 1 aliphatic rings. The quantitative estimate of drug-likeness (QED) is 0.228. The van der Waals surface area contributed by atoms with Crippen LogP contribution >= 0.6 is 23.2 Å². The van der Waals surface area contributed by atoms with Crippen LogP contribution < -0.4 is 0 Å². The van der Waals surface area contributed by atoms with Crippen molar-refractivity contribution in [2.45, 2.75) is 57.7 Å². The highest BCUT2D eigenvalue weighted by molar-refractivity contribution is 6.42. The fraction of sp³-hybridized carbons (Fsp3) is 0.419. The summed E-state index contributed by atoms with van der Waals surface area (Å²) >= 11 is 12.3. The number of nitrogens with zero attached hydrogens (tertiary/aromatic N) is 3. The Bertz CT molecular complexity index is 1220. The molecule has 1 fully saturated rings. The molecule has 0 saturated heterocycles. The van der Waals surface area contributed by atoms with E-state index in [0.717, 1.165) is 37.9 Å². The maximum absolute atomic E-state index is 14.0. The summed E-state index contributed by atoms with van der Waals surface area (Å²) < 4.78 is 7.42. The minimum Gasteiger partial charge on any atom is -0.385 e. The number of benzene rings is 2. The number of methoxy groups -OCH3 is 1. The van der Waals surface area contributed by atoms with Crippen LogP contribution in [0.4, 0.5) is 0 Å². The molecule has 0 atom stereocenters. The summed E-state index contributed by atoms with van der Waals surface area (Å²) in [6.45, 7) is 2.16. The lowest BCUT2D eigenvalue weighted by atomic mass is 9.94. The summed E-state index contributed by atoms with van der Waals surface area (Å²) in [5.41, 5.74) is 2.71. The fourth-order valence-electron chi connectivity index (χ4n) is 5.23. The number of rotatable bonds is 12. The van der Waals surface area contributed by atoms with Crippen LogP contribution in [0.15, 0.2) is 66.9 Å². The first kappa shape index (κ1) is 29.2. The SMILES string of the molecule is COCCCN(CC(=O)N(Cc1cccn1Cc1ccccc1)C1CCCCC1)C(=O)c1ccc(Cl)c(Cl)c1. The molecule has 2 aromatic carbocycles. The van der Waals surface area contributed by atoms with Gasteiger partial charge in [-0.2, -0.15) is 0 Å². The molecule has 8 heteroatoms. The van der Waals surface area contributed by atoms with E-state index < -0.39 is 0 Å². The predicted molar refractivity (Wildman–Crippen MR) is 156 cm³/mol. The minimum absolute atomic E-state index is 0.00130. The number of hydrogen-bond acceptors (Lipinski definition) is 3. The Morgan fingerprint density at radius 1 is 0.974 bits per heavy atom. The second kappa shape index (κ2) is 14.5. The van der Waals surface area contributed by atoms with Crippen molar-refractivity contribution in [3.8, 4) is 0 Å². The van der Waals surface area contributed by atoms with Crippen LogP contribution in [0, 0.1) is 0 Å². The Hall–Kier alpha value is -2.80. The van der Waals surface area contributed by atoms with Crippen molar-refractivity contribution in [3.05, 3.63) is 93.7 Å². The topological polar surface area (TPSA) is 54.8 Å². The van der Waals surface area contributed by atoms with Crippen LogP contribution in [-0.2, 0) is 22.6 Å². The number of carbonyl (C=O) groups is 2. The lowest BCUT2D eigenvalue weighted by Crippen LogP contribution is -2.48. The van der Waals surface area contributed by atoms with Gasteiger partial charge in [0.05, 0.1) is 16.6 Å². The van der Waals surface area contributed by atoms with Gasteiger partial charge in [-0.15, -0.1) is 0 Å². The van der Waals surface area contributed by atoms with Gasteiger partial charge in [0.1, 0.15) is 6.54 Å². The van der Waals surface area contributed by atoms with E-state index in [-0.39, 0.29) is 24.4 Å². The van der Waals surface area contributed by atoms with Gasteiger partial charge >= 0.3 is 0 Å². The molecule has 0 spiro atoms. The van der Waals surface area contributed by atoms with Gasteiger partial charge in [0.2, 0.25) is 5.91 Å². The molecule has 0 unspecified atom stereocenters. The van der Waals surface area contributed by atoms with Crippen LogP contribution in [0.3, 0.4) is 0 Å². The molecule has 0 N–H and O–H groups in total. The summed E-state index contributed by atoms with van der Waals surface area (Å²) in [5.74, 6) is -0.283. The van der Waals surface area contributed by atoms with Gasteiger partial charge in [0.25, 0.3) is 5.91 Å². The van der Waals surface area contributed by atoms with Crippen LogP contribution in [-0.4, -0.2) is 59.0 Å². The van der Waals surface area contributed by atoms with Crippen molar-refractivity contribution >= 4 is 35.0 Å². The predicted octanol–water partition coefficient (Wildman–Crippen LogP) is 6.68. The van der Waals surface area contributed by atoms with Gasteiger partial charge in [-0.1, -0.05) is 72.8 Å². The molecule has 4 rings (SSSR count). The molecule has 3 aromatic rings. The zero-order valence-corrected chi connectivity index (χ0v) is 24.0. The summed E-state index contributed by atoms with van der Waals surface area (Å²) in [5, 5.41) is 0.700. The Morgan fingerprint density at radius 2 is 1.74 bits per heavy atom. The van der Waals surface area contributed by atoms with E-state index in [4.69, 9.17) is 27.9 Å². The lowest BCUT2D eigenvalue weighted by Gasteiger charge is -2.36. The van der Waals surface area contributed by atoms with Gasteiger partial charge in [0.15, 0.2) is 0 Å². The standard InChI is InChI=1S/C31H37Cl2N3O3/c1-39-19-9-18-35(31(38)25-15-16-28(32)29(33)20-25)23-30(37)36(26-12-6-3-7-13-26)22-27-14-8-17-34(27)21-24-10-4-2-5-11-24/h2,4-5,8,10-11,14-17,20,26H,3,6-7,9,12-13,18-19,21-23H2,1H3. The van der Waals surface area contributed by atoms with Crippen molar-refractivity contribution < 1.29 is 14.3 Å². The van der Waals surface area contributed by atoms with Gasteiger partial charge < -0.3 is 19.1 Å². The summed E-state index contributed by atoms with van der Waals surface area (Å²) in [4.78, 5) is 31.1. The lowest BCUT2D eigenvalue weighted by molar-refractivity contribution is -0.135. The van der Waals surface area contributed by atoms with E-state index in [2.05, 4.69) is 29.0 Å². The average molecular weight is 571 g/mol. The van der Waals surface area contributed by atoms with E-state index >= 15 is 0 Å². The van der Waals surface area contributed by atoms with Crippen molar-refractivity contribution in [1.29, 1.82) is 0 Å². The summed E-state index contributed by atoms with van der Waals surface area (Å²) in [7, 11) is 1.63. The van der Waals surface area contributed by atoms with Gasteiger partial charge in [-0.25, -0.2) is 0 Å². The van der Waals surface area contributed by atoms with Crippen molar-refractivity contribution in [1.82, 2.24) is 14.4 Å². The first-order valence-corrected chi connectivity index (χ1v) is 14.4. The van der Waals surface area contributed by atoms with E-state index in [0.29, 0.717) is 41.7 Å². The molecule has 0 radical (unpaired) electrons. The third-order valence-electron chi connectivity index (χ3n) is 7.34. The van der Waals surface area contributed by atoms with Gasteiger partial charge in [-0.3, -0.25) is 9.59 Å². The van der Waals surface area contributed by atoms with Crippen molar-refractivity contribution in [2.75, 3.05) is 26.8 Å². The number of halogens is 2. The molecular formula is C31H37Cl2N3O3. The second-order valence-corrected chi connectivity index (χ2v) is 10.9. The highest BCUT2D eigenvalue weighted by Gasteiger charge is 2.29. The first-order chi connectivity index (χ1) is 19.0. The number of carbonyl (C=O) groups excluding carboxylic acids is 2. The highest BCUT2D eigenvalue weighted by Crippen LogP contribution is 2.26. The van der Waals surface area contributed by atoms with E-state index in [1.807, 2.05) is 29.2 Å². The van der Waals surface area contributed by atoms with Crippen LogP contribution in [0.2, 0.25) is 10.0 Å². The second-order valence-electron chi connectivity index (χ2n) is 10.1. The Kier molecular flexibility index (Phi) is 10.9. The van der Waals surface area contributed by atoms with E-state index in [1.54, 1.807) is 30.2 Å². The first-order valence-electron chi connectivity index (χ1n) is 13.7. The van der Waals surface area contributed by atoms with E-state index in [9.17, 15) is 9.59 Å². The monoisotopic (exact) mass is 569 g/mol. The fourth-order valence-corrected chi connectivity index (χ4v) is 5.53. The molecule has 0 aliphatic heterocycles. The minimum atomic E-state index is -0.242. The smallest absolute Gasteiger partial charge is 0.254 e. The van der Waals surface area contributed by atoms with E-state index in [1.165, 1.54) is 12.0 Å². The molecule has 1 saturated carbocycles. The number of aromatic nitrogens is 1. The Labute approximate surface area is 241 Å². The average Bonchev–Trinajstić information content (AvgIpc) is 3.39. The molecule has 0 bridgehead atoms. The number of hydrogen-bond donors (Lipinski definition) is 0. The Balaban J connectivity index is 1.55. The summed E-state index contributed by atoms with van der Waals surface area (Å²) in [6, 6.07) is 19.4.